The summed E-state index contributed by atoms with van der Waals surface area (Å²) >= 11 is 0. The lowest BCUT2D eigenvalue weighted by atomic mass is 10.1. The second-order valence-corrected chi connectivity index (χ2v) is 9.50. The zero-order valence-electron chi connectivity index (χ0n) is 18.3. The molecule has 32 heavy (non-hydrogen) atoms. The van der Waals surface area contributed by atoms with Crippen molar-refractivity contribution in [3.8, 4) is 11.5 Å². The van der Waals surface area contributed by atoms with E-state index < -0.39 is 22.5 Å². The molecule has 3 rings (SSSR count). The van der Waals surface area contributed by atoms with Gasteiger partial charge in [-0.3, -0.25) is 13.9 Å². The monoisotopic (exact) mass is 461 g/mol. The number of anilines is 2. The van der Waals surface area contributed by atoms with E-state index in [9.17, 15) is 18.0 Å². The number of benzene rings is 2. The van der Waals surface area contributed by atoms with Gasteiger partial charge in [0.25, 0.3) is 5.91 Å². The molecule has 1 aliphatic heterocycles. The van der Waals surface area contributed by atoms with Crippen molar-refractivity contribution in [3.05, 3.63) is 48.0 Å². The molecule has 10 heteroatoms. The first-order valence-electron chi connectivity index (χ1n) is 10.3. The molecule has 2 aromatic carbocycles. The molecule has 1 atom stereocenters. The van der Waals surface area contributed by atoms with Gasteiger partial charge in [-0.1, -0.05) is 19.1 Å². The van der Waals surface area contributed by atoms with Gasteiger partial charge in [-0.15, -0.1) is 0 Å². The van der Waals surface area contributed by atoms with E-state index in [1.165, 1.54) is 13.0 Å². The Morgan fingerprint density at radius 3 is 2.53 bits per heavy atom. The summed E-state index contributed by atoms with van der Waals surface area (Å²) in [7, 11) is -3.77. The lowest BCUT2D eigenvalue weighted by Gasteiger charge is -2.24. The molecule has 2 amide bonds. The molecule has 0 aliphatic carbocycles. The molecule has 2 N–H and O–H groups in total. The van der Waals surface area contributed by atoms with Gasteiger partial charge < -0.3 is 20.1 Å². The van der Waals surface area contributed by atoms with Crippen LogP contribution in [0.3, 0.4) is 0 Å². The van der Waals surface area contributed by atoms with Crippen LogP contribution in [-0.4, -0.2) is 45.4 Å². The highest BCUT2D eigenvalue weighted by molar-refractivity contribution is 7.92. The minimum atomic E-state index is -3.77. The molecule has 9 nitrogen and oxygen atoms in total. The lowest BCUT2D eigenvalue weighted by molar-refractivity contribution is -0.114. The summed E-state index contributed by atoms with van der Waals surface area (Å²) in [6.07, 6.45) is 0.764. The van der Waals surface area contributed by atoms with Gasteiger partial charge in [0.15, 0.2) is 11.5 Å². The molecule has 2 aromatic rings. The third-order valence-corrected chi connectivity index (χ3v) is 6.81. The van der Waals surface area contributed by atoms with E-state index >= 15 is 0 Å². The van der Waals surface area contributed by atoms with Crippen molar-refractivity contribution in [1.82, 2.24) is 5.32 Å². The minimum Gasteiger partial charge on any atom is -0.454 e. The Morgan fingerprint density at radius 1 is 1.09 bits per heavy atom. The Labute approximate surface area is 187 Å². The van der Waals surface area contributed by atoms with Crippen LogP contribution in [0.1, 0.15) is 37.6 Å². The summed E-state index contributed by atoms with van der Waals surface area (Å²) in [5.41, 5.74) is 0.890. The number of hydrogen-bond acceptors (Lipinski definition) is 6. The van der Waals surface area contributed by atoms with Crippen LogP contribution in [-0.2, 0) is 14.8 Å². The van der Waals surface area contributed by atoms with Crippen LogP contribution in [0.5, 0.6) is 11.5 Å². The van der Waals surface area contributed by atoms with Gasteiger partial charge in [0.05, 0.1) is 22.7 Å². The molecule has 172 valence electrons. The number of para-hydroxylation sites is 1. The average Bonchev–Trinajstić information content (AvgIpc) is 3.25. The van der Waals surface area contributed by atoms with Crippen molar-refractivity contribution in [1.29, 1.82) is 0 Å². The first kappa shape index (κ1) is 23.4. The Bertz CT molecular complexity index is 1100. The van der Waals surface area contributed by atoms with Crippen molar-refractivity contribution in [3.63, 3.8) is 0 Å². The molecule has 0 spiro atoms. The van der Waals surface area contributed by atoms with Crippen LogP contribution in [0.25, 0.3) is 0 Å². The van der Waals surface area contributed by atoms with Crippen LogP contribution in [0.4, 0.5) is 11.4 Å². The van der Waals surface area contributed by atoms with Crippen molar-refractivity contribution in [2.45, 2.75) is 33.2 Å². The number of carbonyl (C=O) groups is 2. The second kappa shape index (κ2) is 9.90. The molecule has 0 aromatic heterocycles. The van der Waals surface area contributed by atoms with Crippen molar-refractivity contribution >= 4 is 33.2 Å². The Kier molecular flexibility index (Phi) is 7.24. The van der Waals surface area contributed by atoms with Gasteiger partial charge in [0.1, 0.15) is 6.54 Å². The summed E-state index contributed by atoms with van der Waals surface area (Å²) in [4.78, 5) is 25.4. The lowest BCUT2D eigenvalue weighted by Crippen LogP contribution is -2.39. The fraction of sp³-hybridized carbons (Fsp3) is 0.364. The molecule has 0 radical (unpaired) electrons. The molecule has 0 saturated carbocycles. The van der Waals surface area contributed by atoms with Crippen LogP contribution < -0.4 is 24.4 Å². The molecule has 1 aliphatic rings. The standard InChI is InChI=1S/C22H27N3O6S/c1-4-15(3)23-22(27)17-8-6-7-9-18(17)24-21(26)13-25(32(28,29)5-2)16-10-11-19-20(12-16)31-14-30-19/h6-12,15H,4-5,13-14H2,1-3H3,(H,23,27)(H,24,26)/t15-/m1/s1. The number of sulfonamides is 1. The summed E-state index contributed by atoms with van der Waals surface area (Å²) in [6, 6.07) is 11.2. The number of nitrogens with zero attached hydrogens (tertiary/aromatic N) is 1. The van der Waals surface area contributed by atoms with E-state index in [0.717, 1.165) is 10.7 Å². The fourth-order valence-electron chi connectivity index (χ4n) is 3.06. The van der Waals surface area contributed by atoms with E-state index in [0.29, 0.717) is 22.7 Å². The number of ether oxygens (including phenoxy) is 2. The zero-order valence-corrected chi connectivity index (χ0v) is 19.1. The highest BCUT2D eigenvalue weighted by atomic mass is 32.2. The first-order chi connectivity index (χ1) is 15.2. The Balaban J connectivity index is 1.82. The van der Waals surface area contributed by atoms with E-state index in [-0.39, 0.29) is 30.2 Å². The van der Waals surface area contributed by atoms with Gasteiger partial charge in [-0.05, 0) is 44.5 Å². The van der Waals surface area contributed by atoms with Crippen LogP contribution in [0.15, 0.2) is 42.5 Å². The minimum absolute atomic E-state index is 0.0255. The van der Waals surface area contributed by atoms with E-state index in [1.54, 1.807) is 36.4 Å². The number of nitrogens with one attached hydrogen (secondary N) is 2. The largest absolute Gasteiger partial charge is 0.454 e. The summed E-state index contributed by atoms with van der Waals surface area (Å²) < 4.78 is 37.1. The normalized spacial score (nSPS) is 13.3. The predicted octanol–water partition coefficient (Wildman–Crippen LogP) is 2.74. The SMILES string of the molecule is CC[C@@H](C)NC(=O)c1ccccc1NC(=O)CN(c1ccc2c(c1)OCO2)S(=O)(=O)CC. The molecule has 0 bridgehead atoms. The number of fused-ring (bicyclic) bond motifs is 1. The van der Waals surface area contributed by atoms with Crippen molar-refractivity contribution in [2.75, 3.05) is 28.7 Å². The summed E-state index contributed by atoms with van der Waals surface area (Å²) in [5.74, 6) is -0.171. The molecule has 0 unspecified atom stereocenters. The average molecular weight is 462 g/mol. The molecule has 0 saturated heterocycles. The van der Waals surface area contributed by atoms with Crippen LogP contribution >= 0.6 is 0 Å². The van der Waals surface area contributed by atoms with Crippen LogP contribution in [0, 0.1) is 0 Å². The second-order valence-electron chi connectivity index (χ2n) is 7.32. The van der Waals surface area contributed by atoms with E-state index in [2.05, 4.69) is 10.6 Å². The van der Waals surface area contributed by atoms with Gasteiger partial charge in [-0.25, -0.2) is 8.42 Å². The van der Waals surface area contributed by atoms with E-state index in [4.69, 9.17) is 9.47 Å². The molecule has 1 heterocycles. The number of carbonyl (C=O) groups excluding carboxylic acids is 2. The zero-order chi connectivity index (χ0) is 23.3. The van der Waals surface area contributed by atoms with E-state index in [1.807, 2.05) is 13.8 Å². The number of amides is 2. The van der Waals surface area contributed by atoms with Crippen molar-refractivity contribution < 1.29 is 27.5 Å². The summed E-state index contributed by atoms with van der Waals surface area (Å²) in [6.45, 7) is 4.93. The molecular weight excluding hydrogens is 434 g/mol. The maximum Gasteiger partial charge on any atom is 0.253 e. The maximum absolute atomic E-state index is 12.8. The number of rotatable bonds is 9. The summed E-state index contributed by atoms with van der Waals surface area (Å²) in [5, 5.41) is 5.53. The third kappa shape index (κ3) is 5.31. The van der Waals surface area contributed by atoms with Crippen LogP contribution in [0.2, 0.25) is 0 Å². The topological polar surface area (TPSA) is 114 Å². The van der Waals surface area contributed by atoms with Gasteiger partial charge in [0.2, 0.25) is 22.7 Å². The highest BCUT2D eigenvalue weighted by Crippen LogP contribution is 2.36. The Morgan fingerprint density at radius 2 is 1.81 bits per heavy atom. The van der Waals surface area contributed by atoms with Gasteiger partial charge >= 0.3 is 0 Å². The smallest absolute Gasteiger partial charge is 0.253 e. The quantitative estimate of drug-likeness (QED) is 0.594. The predicted molar refractivity (Wildman–Crippen MR) is 122 cm³/mol. The highest BCUT2D eigenvalue weighted by Gasteiger charge is 2.26. The fourth-order valence-corrected chi connectivity index (χ4v) is 4.12. The van der Waals surface area contributed by atoms with Crippen molar-refractivity contribution in [2.24, 2.45) is 0 Å². The van der Waals surface area contributed by atoms with Gasteiger partial charge in [0, 0.05) is 12.1 Å². The third-order valence-electron chi connectivity index (χ3n) is 5.07. The molecular formula is C22H27N3O6S. The molecule has 0 fully saturated rings. The maximum atomic E-state index is 12.8. The Hall–Kier alpha value is -3.27. The first-order valence-corrected chi connectivity index (χ1v) is 12.0. The number of hydrogen-bond donors (Lipinski definition) is 2. The van der Waals surface area contributed by atoms with Gasteiger partial charge in [-0.2, -0.15) is 0 Å².